The van der Waals surface area contributed by atoms with Crippen molar-refractivity contribution in [2.24, 2.45) is 0 Å². The summed E-state index contributed by atoms with van der Waals surface area (Å²) in [4.78, 5) is 13.3. The third-order valence-corrected chi connectivity index (χ3v) is 5.83. The topological polar surface area (TPSA) is 56.8 Å². The van der Waals surface area contributed by atoms with Crippen LogP contribution in [-0.4, -0.2) is 27.2 Å². The summed E-state index contributed by atoms with van der Waals surface area (Å²) in [7, 11) is 4.76. The summed E-state index contributed by atoms with van der Waals surface area (Å²) < 4.78 is 16.3. The molecule has 0 heterocycles. The molecule has 0 spiro atoms. The largest absolute Gasteiger partial charge is 0.497 e. The van der Waals surface area contributed by atoms with E-state index in [4.69, 9.17) is 25.8 Å². The number of hydrogen-bond acceptors (Lipinski definition) is 4. The standard InChI is InChI=1S/C27H24ClNO4/c1-16-5-7-17(8-6-16)21-12-19(11-18-13-25(32-3)26(33-4)15-22(18)21)27(30)29-24-14-20(31-2)9-10-23(24)28/h5-15H,1-4H3,(H,29,30). The number of anilines is 1. The van der Waals surface area contributed by atoms with Crippen molar-refractivity contribution in [1.82, 2.24) is 0 Å². The van der Waals surface area contributed by atoms with Crippen LogP contribution < -0.4 is 19.5 Å². The average molecular weight is 462 g/mol. The number of fused-ring (bicyclic) bond motifs is 1. The van der Waals surface area contributed by atoms with Crippen LogP contribution in [0.15, 0.2) is 66.7 Å². The maximum atomic E-state index is 13.3. The van der Waals surface area contributed by atoms with E-state index in [2.05, 4.69) is 5.32 Å². The third kappa shape index (κ3) is 4.59. The number of methoxy groups -OCH3 is 3. The van der Waals surface area contributed by atoms with Gasteiger partial charge in [-0.1, -0.05) is 41.4 Å². The molecule has 0 unspecified atom stereocenters. The quantitative estimate of drug-likeness (QED) is 0.345. The van der Waals surface area contributed by atoms with Crippen LogP contribution in [0, 0.1) is 6.92 Å². The molecule has 1 N–H and O–H groups in total. The SMILES string of the molecule is COc1ccc(Cl)c(NC(=O)c2cc(-c3ccc(C)cc3)c3cc(OC)c(OC)cc3c2)c1. The van der Waals surface area contributed by atoms with Gasteiger partial charge < -0.3 is 19.5 Å². The highest BCUT2D eigenvalue weighted by molar-refractivity contribution is 6.34. The van der Waals surface area contributed by atoms with E-state index in [9.17, 15) is 4.79 Å². The number of carbonyl (C=O) groups excluding carboxylic acids is 1. The number of rotatable bonds is 6. The number of aryl methyl sites for hydroxylation is 1. The van der Waals surface area contributed by atoms with Gasteiger partial charge in [-0.15, -0.1) is 0 Å². The van der Waals surface area contributed by atoms with Gasteiger partial charge in [0.25, 0.3) is 5.91 Å². The molecule has 0 aromatic heterocycles. The van der Waals surface area contributed by atoms with E-state index < -0.39 is 0 Å². The fourth-order valence-corrected chi connectivity index (χ4v) is 3.88. The Morgan fingerprint density at radius 2 is 1.52 bits per heavy atom. The Kier molecular flexibility index (Phi) is 6.43. The molecule has 4 aromatic rings. The molecule has 4 rings (SSSR count). The second-order valence-electron chi connectivity index (χ2n) is 7.62. The van der Waals surface area contributed by atoms with Gasteiger partial charge in [0.2, 0.25) is 0 Å². The second-order valence-corrected chi connectivity index (χ2v) is 8.03. The first kappa shape index (κ1) is 22.5. The molecular formula is C27H24ClNO4. The number of carbonyl (C=O) groups is 1. The van der Waals surface area contributed by atoms with Crippen molar-refractivity contribution in [1.29, 1.82) is 0 Å². The molecule has 0 saturated carbocycles. The minimum Gasteiger partial charge on any atom is -0.497 e. The van der Waals surface area contributed by atoms with E-state index >= 15 is 0 Å². The average Bonchev–Trinajstić information content (AvgIpc) is 2.84. The normalized spacial score (nSPS) is 10.7. The van der Waals surface area contributed by atoms with Crippen LogP contribution in [0.2, 0.25) is 5.02 Å². The molecule has 33 heavy (non-hydrogen) atoms. The van der Waals surface area contributed by atoms with E-state index in [1.807, 2.05) is 55.5 Å². The maximum Gasteiger partial charge on any atom is 0.255 e. The van der Waals surface area contributed by atoms with Crippen molar-refractivity contribution in [3.63, 3.8) is 0 Å². The van der Waals surface area contributed by atoms with Crippen molar-refractivity contribution in [2.75, 3.05) is 26.6 Å². The zero-order valence-electron chi connectivity index (χ0n) is 18.9. The first-order chi connectivity index (χ1) is 15.9. The highest BCUT2D eigenvalue weighted by Gasteiger charge is 2.16. The van der Waals surface area contributed by atoms with Gasteiger partial charge in [-0.3, -0.25) is 4.79 Å². The lowest BCUT2D eigenvalue weighted by molar-refractivity contribution is 0.102. The van der Waals surface area contributed by atoms with Gasteiger partial charge in [0.05, 0.1) is 32.0 Å². The van der Waals surface area contributed by atoms with E-state index in [1.54, 1.807) is 39.5 Å². The first-order valence-electron chi connectivity index (χ1n) is 10.3. The molecule has 5 nitrogen and oxygen atoms in total. The van der Waals surface area contributed by atoms with Crippen molar-refractivity contribution in [3.8, 4) is 28.4 Å². The minimum absolute atomic E-state index is 0.282. The Bertz CT molecular complexity index is 1330. The lowest BCUT2D eigenvalue weighted by Gasteiger charge is -2.15. The molecule has 0 fully saturated rings. The van der Waals surface area contributed by atoms with Gasteiger partial charge in [-0.05, 0) is 65.2 Å². The van der Waals surface area contributed by atoms with Crippen LogP contribution in [0.5, 0.6) is 17.2 Å². The summed E-state index contributed by atoms with van der Waals surface area (Å²) in [5.74, 6) is 1.53. The number of hydrogen-bond donors (Lipinski definition) is 1. The lowest BCUT2D eigenvalue weighted by Crippen LogP contribution is -2.12. The van der Waals surface area contributed by atoms with E-state index in [-0.39, 0.29) is 5.91 Å². The molecule has 0 aliphatic rings. The molecular weight excluding hydrogens is 438 g/mol. The summed E-state index contributed by atoms with van der Waals surface area (Å²) >= 11 is 6.29. The smallest absolute Gasteiger partial charge is 0.255 e. The van der Waals surface area contributed by atoms with Crippen molar-refractivity contribution < 1.29 is 19.0 Å². The molecule has 0 aliphatic heterocycles. The molecule has 0 atom stereocenters. The highest BCUT2D eigenvalue weighted by Crippen LogP contribution is 2.38. The number of nitrogens with one attached hydrogen (secondary N) is 1. The number of benzene rings is 4. The van der Waals surface area contributed by atoms with E-state index in [1.165, 1.54) is 0 Å². The van der Waals surface area contributed by atoms with Crippen LogP contribution in [0.4, 0.5) is 5.69 Å². The van der Waals surface area contributed by atoms with Gasteiger partial charge in [-0.2, -0.15) is 0 Å². The Morgan fingerprint density at radius 3 is 2.18 bits per heavy atom. The summed E-state index contributed by atoms with van der Waals surface area (Å²) in [6, 6.07) is 20.8. The summed E-state index contributed by atoms with van der Waals surface area (Å²) in [6.45, 7) is 2.04. The van der Waals surface area contributed by atoms with E-state index in [0.29, 0.717) is 33.5 Å². The fraction of sp³-hybridized carbons (Fsp3) is 0.148. The third-order valence-electron chi connectivity index (χ3n) is 5.50. The summed E-state index contributed by atoms with van der Waals surface area (Å²) in [6.07, 6.45) is 0. The first-order valence-corrected chi connectivity index (χ1v) is 10.7. The summed E-state index contributed by atoms with van der Waals surface area (Å²) in [5.41, 5.74) is 4.03. The number of ether oxygens (including phenoxy) is 3. The molecule has 0 saturated heterocycles. The minimum atomic E-state index is -0.282. The van der Waals surface area contributed by atoms with Gasteiger partial charge >= 0.3 is 0 Å². The molecule has 168 valence electrons. The molecule has 0 radical (unpaired) electrons. The Balaban J connectivity index is 1.86. The predicted molar refractivity (Wildman–Crippen MR) is 133 cm³/mol. The Morgan fingerprint density at radius 1 is 0.818 bits per heavy atom. The molecule has 4 aromatic carbocycles. The highest BCUT2D eigenvalue weighted by atomic mass is 35.5. The van der Waals surface area contributed by atoms with Gasteiger partial charge in [0.15, 0.2) is 11.5 Å². The van der Waals surface area contributed by atoms with Gasteiger partial charge in [0, 0.05) is 11.6 Å². The summed E-state index contributed by atoms with van der Waals surface area (Å²) in [5, 5.41) is 5.13. The zero-order chi connectivity index (χ0) is 23.5. The predicted octanol–water partition coefficient (Wildman–Crippen LogP) is 6.75. The number of amides is 1. The zero-order valence-corrected chi connectivity index (χ0v) is 19.6. The Labute approximate surface area is 197 Å². The lowest BCUT2D eigenvalue weighted by atomic mass is 9.94. The maximum absolute atomic E-state index is 13.3. The van der Waals surface area contributed by atoms with Crippen LogP contribution >= 0.6 is 11.6 Å². The van der Waals surface area contributed by atoms with Gasteiger partial charge in [0.1, 0.15) is 5.75 Å². The fourth-order valence-electron chi connectivity index (χ4n) is 3.71. The Hall–Kier alpha value is -3.70. The van der Waals surface area contributed by atoms with Crippen molar-refractivity contribution in [2.45, 2.75) is 6.92 Å². The van der Waals surface area contributed by atoms with Crippen LogP contribution in [0.3, 0.4) is 0 Å². The van der Waals surface area contributed by atoms with Gasteiger partial charge in [-0.25, -0.2) is 0 Å². The molecule has 0 aliphatic carbocycles. The van der Waals surface area contributed by atoms with E-state index in [0.717, 1.165) is 27.5 Å². The van der Waals surface area contributed by atoms with Crippen molar-refractivity contribution in [3.05, 3.63) is 82.9 Å². The van der Waals surface area contributed by atoms with Crippen LogP contribution in [-0.2, 0) is 0 Å². The van der Waals surface area contributed by atoms with Crippen LogP contribution in [0.25, 0.3) is 21.9 Å². The monoisotopic (exact) mass is 461 g/mol. The molecule has 6 heteroatoms. The second kappa shape index (κ2) is 9.43. The number of halogens is 1. The molecule has 0 bridgehead atoms. The van der Waals surface area contributed by atoms with Crippen molar-refractivity contribution >= 4 is 34.0 Å². The molecule has 1 amide bonds. The van der Waals surface area contributed by atoms with Crippen LogP contribution in [0.1, 0.15) is 15.9 Å².